The molecule has 2 rings (SSSR count). The molecule has 0 saturated carbocycles. The molecule has 2 aromatic rings. The van der Waals surface area contributed by atoms with Gasteiger partial charge in [0, 0.05) is 31.9 Å². The summed E-state index contributed by atoms with van der Waals surface area (Å²) in [5.41, 5.74) is 0. The first-order chi connectivity index (χ1) is 10.3. The highest BCUT2D eigenvalue weighted by molar-refractivity contribution is 6.32. The van der Waals surface area contributed by atoms with E-state index in [0.717, 1.165) is 6.54 Å². The second kappa shape index (κ2) is 8.32. The number of benzene rings is 1. The molecule has 0 aliphatic rings. The number of para-hydroxylation sites is 1. The second-order valence-corrected chi connectivity index (χ2v) is 4.94. The summed E-state index contributed by atoms with van der Waals surface area (Å²) < 4.78 is 7.44. The molecular formula is C15H18ClN3O2. The van der Waals surface area contributed by atoms with Crippen LogP contribution in [-0.2, 0) is 11.3 Å². The van der Waals surface area contributed by atoms with E-state index in [4.69, 9.17) is 16.3 Å². The van der Waals surface area contributed by atoms with Crippen molar-refractivity contribution in [2.75, 3.05) is 13.2 Å². The van der Waals surface area contributed by atoms with Gasteiger partial charge in [-0.3, -0.25) is 4.79 Å². The van der Waals surface area contributed by atoms with Crippen LogP contribution in [0.25, 0.3) is 0 Å². The highest BCUT2D eigenvalue weighted by atomic mass is 35.5. The monoisotopic (exact) mass is 307 g/mol. The third-order valence-electron chi connectivity index (χ3n) is 2.89. The Labute approximate surface area is 128 Å². The van der Waals surface area contributed by atoms with Crippen LogP contribution in [0.15, 0.2) is 43.0 Å². The van der Waals surface area contributed by atoms with Crippen molar-refractivity contribution in [2.45, 2.75) is 19.4 Å². The van der Waals surface area contributed by atoms with Crippen LogP contribution in [0.2, 0.25) is 5.02 Å². The zero-order valence-electron chi connectivity index (χ0n) is 11.7. The number of rotatable bonds is 8. The first kappa shape index (κ1) is 15.4. The van der Waals surface area contributed by atoms with Crippen molar-refractivity contribution < 1.29 is 9.53 Å². The summed E-state index contributed by atoms with van der Waals surface area (Å²) in [5.74, 6) is 0.678. The molecule has 0 fully saturated rings. The highest BCUT2D eigenvalue weighted by Gasteiger charge is 2.03. The minimum Gasteiger partial charge on any atom is -0.492 e. The maximum absolute atomic E-state index is 11.6. The Bertz CT molecular complexity index is 558. The van der Waals surface area contributed by atoms with Gasteiger partial charge in [-0.2, -0.15) is 0 Å². The molecule has 1 N–H and O–H groups in total. The van der Waals surface area contributed by atoms with Gasteiger partial charge in [-0.15, -0.1) is 0 Å². The first-order valence-electron chi connectivity index (χ1n) is 6.85. The smallest absolute Gasteiger partial charge is 0.220 e. The van der Waals surface area contributed by atoms with E-state index >= 15 is 0 Å². The van der Waals surface area contributed by atoms with Gasteiger partial charge in [0.15, 0.2) is 0 Å². The third-order valence-corrected chi connectivity index (χ3v) is 3.21. The second-order valence-electron chi connectivity index (χ2n) is 4.53. The number of nitrogens with zero attached hydrogens (tertiary/aromatic N) is 2. The fraction of sp³-hybridized carbons (Fsp3) is 0.333. The van der Waals surface area contributed by atoms with Crippen LogP contribution in [0.1, 0.15) is 12.8 Å². The lowest BCUT2D eigenvalue weighted by atomic mass is 10.3. The number of halogens is 1. The molecular weight excluding hydrogens is 290 g/mol. The summed E-state index contributed by atoms with van der Waals surface area (Å²) in [7, 11) is 0. The number of hydrogen-bond acceptors (Lipinski definition) is 3. The van der Waals surface area contributed by atoms with Gasteiger partial charge in [-0.25, -0.2) is 4.98 Å². The Kier molecular flexibility index (Phi) is 6.09. The Morgan fingerprint density at radius 3 is 3.00 bits per heavy atom. The van der Waals surface area contributed by atoms with Crippen LogP contribution in [-0.4, -0.2) is 28.6 Å². The number of carbonyl (C=O) groups excluding carboxylic acids is 1. The van der Waals surface area contributed by atoms with E-state index < -0.39 is 0 Å². The summed E-state index contributed by atoms with van der Waals surface area (Å²) in [6, 6.07) is 7.31. The third kappa shape index (κ3) is 5.47. The van der Waals surface area contributed by atoms with E-state index in [-0.39, 0.29) is 5.91 Å². The lowest BCUT2D eigenvalue weighted by molar-refractivity contribution is -0.121. The average molecular weight is 308 g/mol. The summed E-state index contributed by atoms with van der Waals surface area (Å²) in [6.45, 7) is 1.79. The zero-order chi connectivity index (χ0) is 14.9. The molecule has 0 bridgehead atoms. The van der Waals surface area contributed by atoms with Crippen molar-refractivity contribution in [3.05, 3.63) is 48.0 Å². The van der Waals surface area contributed by atoms with Gasteiger partial charge in [-0.1, -0.05) is 23.7 Å². The van der Waals surface area contributed by atoms with Crippen molar-refractivity contribution >= 4 is 17.5 Å². The van der Waals surface area contributed by atoms with E-state index in [0.29, 0.717) is 36.8 Å². The van der Waals surface area contributed by atoms with Crippen LogP contribution in [0.4, 0.5) is 0 Å². The first-order valence-corrected chi connectivity index (χ1v) is 7.23. The zero-order valence-corrected chi connectivity index (χ0v) is 12.4. The number of imidazole rings is 1. The molecule has 5 nitrogen and oxygen atoms in total. The molecule has 1 heterocycles. The topological polar surface area (TPSA) is 56.1 Å². The van der Waals surface area contributed by atoms with Gasteiger partial charge in [0.25, 0.3) is 0 Å². The quantitative estimate of drug-likeness (QED) is 0.762. The number of nitrogens with one attached hydrogen (secondary N) is 1. The molecule has 0 aliphatic carbocycles. The molecule has 112 valence electrons. The van der Waals surface area contributed by atoms with Crippen LogP contribution in [0, 0.1) is 0 Å². The number of hydrogen-bond donors (Lipinski definition) is 1. The van der Waals surface area contributed by atoms with E-state index in [2.05, 4.69) is 10.3 Å². The molecule has 0 radical (unpaired) electrons. The summed E-state index contributed by atoms with van der Waals surface area (Å²) >= 11 is 5.97. The molecule has 0 aliphatic heterocycles. The minimum atomic E-state index is 0.0258. The Hall–Kier alpha value is -2.01. The average Bonchev–Trinajstić information content (AvgIpc) is 2.98. The van der Waals surface area contributed by atoms with Crippen molar-refractivity contribution in [3.63, 3.8) is 0 Å². The maximum Gasteiger partial charge on any atom is 0.220 e. The van der Waals surface area contributed by atoms with Gasteiger partial charge in [0.2, 0.25) is 5.91 Å². The van der Waals surface area contributed by atoms with Crippen molar-refractivity contribution in [2.24, 2.45) is 0 Å². The largest absolute Gasteiger partial charge is 0.492 e. The molecule has 1 aromatic carbocycles. The molecule has 0 saturated heterocycles. The predicted octanol–water partition coefficient (Wildman–Crippen LogP) is 2.51. The van der Waals surface area contributed by atoms with Crippen LogP contribution < -0.4 is 10.1 Å². The Balaban J connectivity index is 1.56. The van der Waals surface area contributed by atoms with E-state index in [1.54, 1.807) is 18.6 Å². The summed E-state index contributed by atoms with van der Waals surface area (Å²) in [4.78, 5) is 15.6. The lowest BCUT2D eigenvalue weighted by Crippen LogP contribution is -2.27. The van der Waals surface area contributed by atoms with Gasteiger partial charge >= 0.3 is 0 Å². The van der Waals surface area contributed by atoms with Crippen LogP contribution >= 0.6 is 11.6 Å². The molecule has 6 heteroatoms. The lowest BCUT2D eigenvalue weighted by Gasteiger charge is -2.08. The number of carbonyl (C=O) groups is 1. The molecule has 1 amide bonds. The van der Waals surface area contributed by atoms with Gasteiger partial charge in [0.1, 0.15) is 5.75 Å². The number of ether oxygens (including phenoxy) is 1. The van der Waals surface area contributed by atoms with E-state index in [1.165, 1.54) is 0 Å². The van der Waals surface area contributed by atoms with E-state index in [9.17, 15) is 4.79 Å². The van der Waals surface area contributed by atoms with Crippen molar-refractivity contribution in [3.8, 4) is 5.75 Å². The van der Waals surface area contributed by atoms with Crippen LogP contribution in [0.3, 0.4) is 0 Å². The standard InChI is InChI=1S/C15H18ClN3O2/c16-13-4-1-2-5-14(13)21-11-3-6-15(20)18-8-10-19-9-7-17-12-19/h1-2,4-5,7,9,12H,3,6,8,10-11H2,(H,18,20). The molecule has 21 heavy (non-hydrogen) atoms. The predicted molar refractivity (Wildman–Crippen MR) is 81.4 cm³/mol. The fourth-order valence-corrected chi connectivity index (χ4v) is 2.00. The van der Waals surface area contributed by atoms with E-state index in [1.807, 2.05) is 29.0 Å². The highest BCUT2D eigenvalue weighted by Crippen LogP contribution is 2.23. The Morgan fingerprint density at radius 2 is 2.24 bits per heavy atom. The molecule has 0 atom stereocenters. The van der Waals surface area contributed by atoms with Crippen molar-refractivity contribution in [1.82, 2.24) is 14.9 Å². The molecule has 1 aromatic heterocycles. The maximum atomic E-state index is 11.6. The summed E-state index contributed by atoms with van der Waals surface area (Å²) in [6.07, 6.45) is 6.40. The molecule has 0 unspecified atom stereocenters. The Morgan fingerprint density at radius 1 is 1.38 bits per heavy atom. The number of aromatic nitrogens is 2. The number of amides is 1. The summed E-state index contributed by atoms with van der Waals surface area (Å²) in [5, 5.41) is 3.45. The van der Waals surface area contributed by atoms with Gasteiger partial charge in [-0.05, 0) is 18.6 Å². The van der Waals surface area contributed by atoms with Crippen molar-refractivity contribution in [1.29, 1.82) is 0 Å². The SMILES string of the molecule is O=C(CCCOc1ccccc1Cl)NCCn1ccnc1. The molecule has 0 spiro atoms. The normalized spacial score (nSPS) is 10.3. The fourth-order valence-electron chi connectivity index (χ4n) is 1.81. The van der Waals surface area contributed by atoms with Gasteiger partial charge < -0.3 is 14.6 Å². The van der Waals surface area contributed by atoms with Gasteiger partial charge in [0.05, 0.1) is 18.0 Å². The van der Waals surface area contributed by atoms with Crippen LogP contribution in [0.5, 0.6) is 5.75 Å². The minimum absolute atomic E-state index is 0.0258.